The predicted molar refractivity (Wildman–Crippen MR) is 77.4 cm³/mol. The minimum atomic E-state index is 0.282. The molecule has 1 fully saturated rings. The Labute approximate surface area is 115 Å². The maximum absolute atomic E-state index is 12.5. The molecule has 3 heteroatoms. The van der Waals surface area contributed by atoms with E-state index >= 15 is 0 Å². The van der Waals surface area contributed by atoms with Crippen LogP contribution < -0.4 is 4.90 Å². The molecule has 3 rings (SSSR count). The van der Waals surface area contributed by atoms with Crippen LogP contribution in [0.1, 0.15) is 31.7 Å². The summed E-state index contributed by atoms with van der Waals surface area (Å²) in [5, 5.41) is 0. The van der Waals surface area contributed by atoms with Gasteiger partial charge >= 0.3 is 0 Å². The van der Waals surface area contributed by atoms with Crippen LogP contribution in [-0.2, 0) is 11.2 Å². The molecular formula is C16H22N2O. The van der Waals surface area contributed by atoms with E-state index in [4.69, 9.17) is 0 Å². The molecule has 19 heavy (non-hydrogen) atoms. The van der Waals surface area contributed by atoms with E-state index in [0.717, 1.165) is 18.7 Å². The fraction of sp³-hybridized carbons (Fsp3) is 0.562. The van der Waals surface area contributed by atoms with Gasteiger partial charge in [0.15, 0.2) is 0 Å². The number of rotatable bonds is 3. The van der Waals surface area contributed by atoms with Crippen molar-refractivity contribution in [1.29, 1.82) is 0 Å². The minimum absolute atomic E-state index is 0.282. The average Bonchev–Trinajstić information content (AvgIpc) is 3.02. The van der Waals surface area contributed by atoms with Crippen molar-refractivity contribution in [3.05, 3.63) is 29.8 Å². The van der Waals surface area contributed by atoms with Crippen LogP contribution in [0.25, 0.3) is 0 Å². The number of benzene rings is 1. The lowest BCUT2D eigenvalue weighted by Crippen LogP contribution is -2.37. The molecule has 1 saturated heterocycles. The number of fused-ring (bicyclic) bond motifs is 1. The van der Waals surface area contributed by atoms with E-state index < -0.39 is 0 Å². The molecule has 102 valence electrons. The number of nitrogens with zero attached hydrogens (tertiary/aromatic N) is 2. The molecule has 1 unspecified atom stereocenters. The maximum atomic E-state index is 12.5. The van der Waals surface area contributed by atoms with Gasteiger partial charge in [0.1, 0.15) is 0 Å². The van der Waals surface area contributed by atoms with Gasteiger partial charge in [-0.3, -0.25) is 4.79 Å². The van der Waals surface area contributed by atoms with Crippen LogP contribution in [0.3, 0.4) is 0 Å². The van der Waals surface area contributed by atoms with Gasteiger partial charge in [0.2, 0.25) is 5.91 Å². The van der Waals surface area contributed by atoms with Crippen molar-refractivity contribution in [2.24, 2.45) is 0 Å². The van der Waals surface area contributed by atoms with Crippen molar-refractivity contribution in [2.45, 2.75) is 38.6 Å². The molecule has 1 atom stereocenters. The predicted octanol–water partition coefficient (Wildman–Crippen LogP) is 2.45. The third-order valence-corrected chi connectivity index (χ3v) is 4.32. The van der Waals surface area contributed by atoms with E-state index in [0.29, 0.717) is 12.5 Å². The SMILES string of the molecule is CC1Cc2ccccc2N1C(=O)CCN1CCCC1. The van der Waals surface area contributed by atoms with Crippen LogP contribution in [-0.4, -0.2) is 36.5 Å². The lowest BCUT2D eigenvalue weighted by molar-refractivity contribution is -0.119. The molecule has 0 radical (unpaired) electrons. The lowest BCUT2D eigenvalue weighted by Gasteiger charge is -2.24. The zero-order chi connectivity index (χ0) is 13.2. The first kappa shape index (κ1) is 12.7. The molecule has 2 aliphatic rings. The number of likely N-dealkylation sites (tertiary alicyclic amines) is 1. The Bertz CT molecular complexity index is 466. The topological polar surface area (TPSA) is 23.6 Å². The number of para-hydroxylation sites is 1. The molecule has 0 saturated carbocycles. The van der Waals surface area contributed by atoms with Crippen molar-refractivity contribution in [1.82, 2.24) is 4.90 Å². The maximum Gasteiger partial charge on any atom is 0.228 e. The Balaban J connectivity index is 1.66. The second kappa shape index (κ2) is 5.33. The Kier molecular flexibility index (Phi) is 3.56. The number of amides is 1. The molecular weight excluding hydrogens is 236 g/mol. The molecule has 0 spiro atoms. The van der Waals surface area contributed by atoms with Crippen molar-refractivity contribution >= 4 is 11.6 Å². The number of hydrogen-bond donors (Lipinski definition) is 0. The van der Waals surface area contributed by atoms with Gasteiger partial charge < -0.3 is 9.80 Å². The van der Waals surface area contributed by atoms with Crippen molar-refractivity contribution in [2.75, 3.05) is 24.5 Å². The van der Waals surface area contributed by atoms with Gasteiger partial charge in [-0.25, -0.2) is 0 Å². The first-order chi connectivity index (χ1) is 9.25. The van der Waals surface area contributed by atoms with Gasteiger partial charge in [-0.1, -0.05) is 18.2 Å². The number of carbonyl (C=O) groups is 1. The van der Waals surface area contributed by atoms with Gasteiger partial charge in [0.05, 0.1) is 0 Å². The molecule has 2 heterocycles. The summed E-state index contributed by atoms with van der Waals surface area (Å²) in [5.41, 5.74) is 2.44. The van der Waals surface area contributed by atoms with Crippen LogP contribution in [0, 0.1) is 0 Å². The Hall–Kier alpha value is -1.35. The normalized spacial score (nSPS) is 22.8. The third-order valence-electron chi connectivity index (χ3n) is 4.32. The molecule has 3 nitrogen and oxygen atoms in total. The molecule has 0 aliphatic carbocycles. The summed E-state index contributed by atoms with van der Waals surface area (Å²) in [6, 6.07) is 8.61. The van der Waals surface area contributed by atoms with Gasteiger partial charge in [-0.15, -0.1) is 0 Å². The zero-order valence-electron chi connectivity index (χ0n) is 11.6. The van der Waals surface area contributed by atoms with Crippen LogP contribution in [0.5, 0.6) is 0 Å². The highest BCUT2D eigenvalue weighted by atomic mass is 16.2. The molecule has 1 aromatic rings. The summed E-state index contributed by atoms with van der Waals surface area (Å²) in [6.07, 6.45) is 4.22. The molecule has 1 aromatic carbocycles. The van der Waals surface area contributed by atoms with Crippen molar-refractivity contribution in [3.8, 4) is 0 Å². The van der Waals surface area contributed by atoms with E-state index in [-0.39, 0.29) is 5.91 Å². The van der Waals surface area contributed by atoms with Gasteiger partial charge in [-0.05, 0) is 50.9 Å². The molecule has 0 aromatic heterocycles. The zero-order valence-corrected chi connectivity index (χ0v) is 11.6. The van der Waals surface area contributed by atoms with Gasteiger partial charge in [0, 0.05) is 24.7 Å². The van der Waals surface area contributed by atoms with Crippen LogP contribution >= 0.6 is 0 Å². The molecule has 0 bridgehead atoms. The Morgan fingerprint density at radius 2 is 2.00 bits per heavy atom. The van der Waals surface area contributed by atoms with Gasteiger partial charge in [-0.2, -0.15) is 0 Å². The first-order valence-electron chi connectivity index (χ1n) is 7.38. The van der Waals surface area contributed by atoms with Crippen LogP contribution in [0.2, 0.25) is 0 Å². The smallest absolute Gasteiger partial charge is 0.228 e. The van der Waals surface area contributed by atoms with E-state index in [1.54, 1.807) is 0 Å². The number of hydrogen-bond acceptors (Lipinski definition) is 2. The third kappa shape index (κ3) is 2.52. The van der Waals surface area contributed by atoms with Crippen LogP contribution in [0.15, 0.2) is 24.3 Å². The molecule has 1 amide bonds. The summed E-state index contributed by atoms with van der Waals surface area (Å²) in [7, 11) is 0. The Morgan fingerprint density at radius 3 is 2.79 bits per heavy atom. The second-order valence-corrected chi connectivity index (χ2v) is 5.74. The summed E-state index contributed by atoms with van der Waals surface area (Å²) in [4.78, 5) is 16.9. The number of carbonyl (C=O) groups excluding carboxylic acids is 1. The van der Waals surface area contributed by atoms with Crippen LogP contribution in [0.4, 0.5) is 5.69 Å². The monoisotopic (exact) mass is 258 g/mol. The highest BCUT2D eigenvalue weighted by molar-refractivity contribution is 5.96. The van der Waals surface area contributed by atoms with E-state index in [9.17, 15) is 4.79 Å². The molecule has 0 N–H and O–H groups in total. The number of anilines is 1. The van der Waals surface area contributed by atoms with E-state index in [1.807, 2.05) is 11.0 Å². The van der Waals surface area contributed by atoms with Crippen molar-refractivity contribution < 1.29 is 4.79 Å². The average molecular weight is 258 g/mol. The Morgan fingerprint density at radius 1 is 1.26 bits per heavy atom. The van der Waals surface area contributed by atoms with E-state index in [2.05, 4.69) is 30.0 Å². The first-order valence-corrected chi connectivity index (χ1v) is 7.38. The summed E-state index contributed by atoms with van der Waals surface area (Å²) < 4.78 is 0. The second-order valence-electron chi connectivity index (χ2n) is 5.74. The highest BCUT2D eigenvalue weighted by Gasteiger charge is 2.30. The largest absolute Gasteiger partial charge is 0.309 e. The fourth-order valence-electron chi connectivity index (χ4n) is 3.33. The van der Waals surface area contributed by atoms with Gasteiger partial charge in [0.25, 0.3) is 0 Å². The summed E-state index contributed by atoms with van der Waals surface area (Å²) >= 11 is 0. The minimum Gasteiger partial charge on any atom is -0.309 e. The summed E-state index contributed by atoms with van der Waals surface area (Å²) in [6.45, 7) is 5.40. The quantitative estimate of drug-likeness (QED) is 0.831. The van der Waals surface area contributed by atoms with Crippen molar-refractivity contribution in [3.63, 3.8) is 0 Å². The van der Waals surface area contributed by atoms with E-state index in [1.165, 1.54) is 31.5 Å². The fourth-order valence-corrected chi connectivity index (χ4v) is 3.33. The standard InChI is InChI=1S/C16H22N2O/c1-13-12-14-6-2-3-7-15(14)18(13)16(19)8-11-17-9-4-5-10-17/h2-3,6-7,13H,4-5,8-12H2,1H3. The molecule has 2 aliphatic heterocycles. The summed E-state index contributed by atoms with van der Waals surface area (Å²) in [5.74, 6) is 0.282. The highest BCUT2D eigenvalue weighted by Crippen LogP contribution is 2.32. The lowest BCUT2D eigenvalue weighted by atomic mass is 10.1.